The minimum Gasteiger partial charge on any atom is -0.225 e. The number of alkyl halides is 1. The van der Waals surface area contributed by atoms with Gasteiger partial charge in [0.25, 0.3) is 5.62 Å². The molecule has 0 saturated heterocycles. The van der Waals surface area contributed by atoms with Crippen LogP contribution in [-0.4, -0.2) is 42.0 Å². The van der Waals surface area contributed by atoms with Crippen molar-refractivity contribution in [1.82, 2.24) is 4.90 Å². The van der Waals surface area contributed by atoms with Crippen molar-refractivity contribution in [2.75, 3.05) is 20.6 Å². The molecule has 3 heteroatoms. The second kappa shape index (κ2) is 2.03. The third kappa shape index (κ3) is 0.858. The van der Waals surface area contributed by atoms with Gasteiger partial charge in [0.15, 0.2) is 6.21 Å². The fourth-order valence-electron chi connectivity index (χ4n) is 0.742. The van der Waals surface area contributed by atoms with E-state index in [1.165, 1.54) is 0 Å². The van der Waals surface area contributed by atoms with Crippen LogP contribution in [0.4, 0.5) is 0 Å². The molecule has 1 rings (SSSR count). The van der Waals surface area contributed by atoms with Gasteiger partial charge in [-0.15, -0.1) is 0 Å². The van der Waals surface area contributed by atoms with E-state index >= 15 is 0 Å². The van der Waals surface area contributed by atoms with E-state index in [-0.39, 0.29) is 5.62 Å². The maximum Gasteiger partial charge on any atom is 0.287 e. The molecule has 2 nitrogen and oxygen atoms in total. The topological polar surface area (TPSA) is 6.25 Å². The zero-order valence-electron chi connectivity index (χ0n) is 5.13. The van der Waals surface area contributed by atoms with Crippen LogP contribution in [0.3, 0.4) is 0 Å². The Bertz CT molecular complexity index is 122. The van der Waals surface area contributed by atoms with Crippen molar-refractivity contribution in [1.29, 1.82) is 0 Å². The zero-order valence-corrected chi connectivity index (χ0v) is 5.89. The van der Waals surface area contributed by atoms with Gasteiger partial charge in [0.2, 0.25) is 0 Å². The third-order valence-electron chi connectivity index (χ3n) is 1.36. The molecule has 1 aliphatic heterocycles. The van der Waals surface area contributed by atoms with Crippen LogP contribution < -0.4 is 0 Å². The lowest BCUT2D eigenvalue weighted by atomic mass is 10.7. The van der Waals surface area contributed by atoms with Crippen LogP contribution >= 0.6 is 11.6 Å². The lowest BCUT2D eigenvalue weighted by Crippen LogP contribution is -2.26. The van der Waals surface area contributed by atoms with Gasteiger partial charge in [-0.3, -0.25) is 0 Å². The summed E-state index contributed by atoms with van der Waals surface area (Å²) in [5.74, 6) is 0. The lowest BCUT2D eigenvalue weighted by Gasteiger charge is -2.06. The molecule has 1 heterocycles. The first-order valence-electron chi connectivity index (χ1n) is 2.61. The largest absolute Gasteiger partial charge is 0.287 e. The SMILES string of the molecule is CN1CC=[N+](C)C1Cl. The van der Waals surface area contributed by atoms with Crippen molar-refractivity contribution in [3.8, 4) is 0 Å². The molecule has 0 aliphatic carbocycles. The first-order valence-corrected chi connectivity index (χ1v) is 3.05. The molecule has 0 radical (unpaired) electrons. The minimum absolute atomic E-state index is 0.0648. The van der Waals surface area contributed by atoms with Gasteiger partial charge < -0.3 is 0 Å². The Morgan fingerprint density at radius 1 is 1.88 bits per heavy atom. The Labute approximate surface area is 54.4 Å². The smallest absolute Gasteiger partial charge is 0.225 e. The Kier molecular flexibility index (Phi) is 1.54. The highest BCUT2D eigenvalue weighted by molar-refractivity contribution is 6.19. The maximum absolute atomic E-state index is 5.83. The van der Waals surface area contributed by atoms with Gasteiger partial charge in [-0.1, -0.05) is 0 Å². The van der Waals surface area contributed by atoms with Gasteiger partial charge >= 0.3 is 0 Å². The average Bonchev–Trinajstić information content (AvgIpc) is 1.98. The fourth-order valence-corrected chi connectivity index (χ4v) is 0.902. The van der Waals surface area contributed by atoms with E-state index in [2.05, 4.69) is 11.1 Å². The van der Waals surface area contributed by atoms with Gasteiger partial charge in [-0.25, -0.2) is 9.48 Å². The Morgan fingerprint density at radius 3 is 2.62 bits per heavy atom. The van der Waals surface area contributed by atoms with Crippen LogP contribution in [0.2, 0.25) is 0 Å². The Balaban J connectivity index is 2.59. The van der Waals surface area contributed by atoms with Crippen LogP contribution in [-0.2, 0) is 0 Å². The van der Waals surface area contributed by atoms with Crippen LogP contribution in [0.25, 0.3) is 0 Å². The van der Waals surface area contributed by atoms with Gasteiger partial charge in [-0.2, -0.15) is 0 Å². The fraction of sp³-hybridized carbons (Fsp3) is 0.800. The summed E-state index contributed by atoms with van der Waals surface area (Å²) in [4.78, 5) is 2.06. The molecule has 0 aromatic rings. The van der Waals surface area contributed by atoms with Crippen molar-refractivity contribution in [2.24, 2.45) is 0 Å². The number of hydrogen-bond donors (Lipinski definition) is 0. The predicted octanol–water partition coefficient (Wildman–Crippen LogP) is 0.167. The molecular formula is C5H10ClN2+. The predicted molar refractivity (Wildman–Crippen MR) is 34.5 cm³/mol. The summed E-state index contributed by atoms with van der Waals surface area (Å²) in [6.45, 7) is 0.963. The highest BCUT2D eigenvalue weighted by Crippen LogP contribution is 2.04. The van der Waals surface area contributed by atoms with E-state index in [1.807, 2.05) is 18.7 Å². The molecule has 0 N–H and O–H groups in total. The molecule has 46 valence electrons. The van der Waals surface area contributed by atoms with E-state index < -0.39 is 0 Å². The van der Waals surface area contributed by atoms with Crippen molar-refractivity contribution in [3.63, 3.8) is 0 Å². The second-order valence-corrected chi connectivity index (χ2v) is 2.49. The quantitative estimate of drug-likeness (QED) is 0.259. The second-order valence-electron chi connectivity index (χ2n) is 2.10. The van der Waals surface area contributed by atoms with Crippen LogP contribution in [0, 0.1) is 0 Å². The molecule has 1 atom stereocenters. The Morgan fingerprint density at radius 2 is 2.50 bits per heavy atom. The molecular weight excluding hydrogens is 124 g/mol. The third-order valence-corrected chi connectivity index (χ3v) is 2.00. The monoisotopic (exact) mass is 133 g/mol. The van der Waals surface area contributed by atoms with Crippen molar-refractivity contribution >= 4 is 17.8 Å². The summed E-state index contributed by atoms with van der Waals surface area (Å²) in [5, 5.41) is 0. The summed E-state index contributed by atoms with van der Waals surface area (Å²) >= 11 is 5.83. The van der Waals surface area contributed by atoms with Gasteiger partial charge in [0.1, 0.15) is 7.05 Å². The summed E-state index contributed by atoms with van der Waals surface area (Å²) in [7, 11) is 3.97. The Hall–Kier alpha value is -0.0800. The standard InChI is InChI=1S/C5H10ClN2/c1-7-3-4-8(2)5(7)6/h3,5H,4H2,1-2H3/q+1. The van der Waals surface area contributed by atoms with Gasteiger partial charge in [0.05, 0.1) is 6.54 Å². The minimum atomic E-state index is 0.0648. The lowest BCUT2D eigenvalue weighted by molar-refractivity contribution is -0.520. The van der Waals surface area contributed by atoms with E-state index in [0.29, 0.717) is 0 Å². The van der Waals surface area contributed by atoms with E-state index in [9.17, 15) is 0 Å². The molecule has 0 amide bonds. The van der Waals surface area contributed by atoms with E-state index in [1.54, 1.807) is 0 Å². The molecule has 1 aliphatic rings. The molecule has 0 spiro atoms. The zero-order chi connectivity index (χ0) is 6.15. The maximum atomic E-state index is 5.83. The normalized spacial score (nSPS) is 30.9. The summed E-state index contributed by atoms with van der Waals surface area (Å²) in [5.41, 5.74) is 0.0648. The molecule has 0 bridgehead atoms. The molecule has 0 aromatic heterocycles. The van der Waals surface area contributed by atoms with Crippen LogP contribution in [0.5, 0.6) is 0 Å². The number of nitrogens with zero attached hydrogens (tertiary/aromatic N) is 2. The molecule has 0 aromatic carbocycles. The molecule has 1 unspecified atom stereocenters. The van der Waals surface area contributed by atoms with Crippen LogP contribution in [0.1, 0.15) is 0 Å². The van der Waals surface area contributed by atoms with Gasteiger partial charge in [0, 0.05) is 0 Å². The average molecular weight is 134 g/mol. The highest BCUT2D eigenvalue weighted by Gasteiger charge is 2.24. The first kappa shape index (κ1) is 6.05. The van der Waals surface area contributed by atoms with Crippen molar-refractivity contribution < 1.29 is 4.58 Å². The highest BCUT2D eigenvalue weighted by atomic mass is 35.5. The van der Waals surface area contributed by atoms with Crippen molar-refractivity contribution in [2.45, 2.75) is 5.62 Å². The van der Waals surface area contributed by atoms with E-state index in [4.69, 9.17) is 11.6 Å². The molecule has 0 saturated carbocycles. The number of rotatable bonds is 0. The number of halogens is 1. The van der Waals surface area contributed by atoms with Crippen molar-refractivity contribution in [3.05, 3.63) is 0 Å². The van der Waals surface area contributed by atoms with Crippen LogP contribution in [0.15, 0.2) is 0 Å². The molecule has 0 fully saturated rings. The summed E-state index contributed by atoms with van der Waals surface area (Å²) in [6, 6.07) is 0. The number of hydrogen-bond acceptors (Lipinski definition) is 1. The van der Waals surface area contributed by atoms with Gasteiger partial charge in [-0.05, 0) is 18.6 Å². The first-order chi connectivity index (χ1) is 3.72. The van der Waals surface area contributed by atoms with E-state index in [0.717, 1.165) is 6.54 Å². The molecule has 8 heavy (non-hydrogen) atoms. The summed E-state index contributed by atoms with van der Waals surface area (Å²) in [6.07, 6.45) is 2.07. The summed E-state index contributed by atoms with van der Waals surface area (Å²) < 4.78 is 1.99.